The number of nitrogens with zero attached hydrogens (tertiary/aromatic N) is 2. The summed E-state index contributed by atoms with van der Waals surface area (Å²) in [5.74, 6) is 0. The lowest BCUT2D eigenvalue weighted by molar-refractivity contribution is 0.406. The average molecular weight is 209 g/mol. The third kappa shape index (κ3) is 4.47. The zero-order valence-electron chi connectivity index (χ0n) is 10.3. The molecule has 0 aliphatic rings. The van der Waals surface area contributed by atoms with E-state index in [4.69, 9.17) is 0 Å². The van der Waals surface area contributed by atoms with Crippen LogP contribution in [-0.2, 0) is 0 Å². The van der Waals surface area contributed by atoms with E-state index in [1.165, 1.54) is 12.8 Å². The van der Waals surface area contributed by atoms with Crippen LogP contribution in [0.15, 0.2) is 18.7 Å². The van der Waals surface area contributed by atoms with Gasteiger partial charge in [-0.15, -0.1) is 0 Å². The van der Waals surface area contributed by atoms with Crippen molar-refractivity contribution in [2.75, 3.05) is 0 Å². The van der Waals surface area contributed by atoms with Gasteiger partial charge in [0.25, 0.3) is 0 Å². The summed E-state index contributed by atoms with van der Waals surface area (Å²) in [5.41, 5.74) is 0. The minimum absolute atomic E-state index is 0.545. The van der Waals surface area contributed by atoms with E-state index >= 15 is 0 Å². The first-order chi connectivity index (χ1) is 7.09. The van der Waals surface area contributed by atoms with Gasteiger partial charge in [-0.25, -0.2) is 4.98 Å². The maximum absolute atomic E-state index is 4.07. The number of aromatic nitrogens is 2. The van der Waals surface area contributed by atoms with E-state index in [1.54, 1.807) is 0 Å². The maximum atomic E-state index is 4.07. The first-order valence-corrected chi connectivity index (χ1v) is 5.83. The highest BCUT2D eigenvalue weighted by atomic mass is 15.0. The first kappa shape index (κ1) is 12.2. The fourth-order valence-electron chi connectivity index (χ4n) is 1.82. The van der Waals surface area contributed by atoms with E-state index in [9.17, 15) is 0 Å². The fraction of sp³-hybridized carbons (Fsp3) is 0.750. The van der Waals surface area contributed by atoms with Crippen LogP contribution in [0, 0.1) is 0 Å². The third-order valence-electron chi connectivity index (χ3n) is 2.67. The molecule has 2 unspecified atom stereocenters. The molecule has 1 aromatic rings. The molecule has 86 valence electrons. The molecule has 0 spiro atoms. The van der Waals surface area contributed by atoms with Crippen molar-refractivity contribution in [3.05, 3.63) is 18.7 Å². The second-order valence-corrected chi connectivity index (χ2v) is 4.66. The van der Waals surface area contributed by atoms with Crippen LogP contribution in [0.2, 0.25) is 0 Å². The first-order valence-electron chi connectivity index (χ1n) is 5.83. The second kappa shape index (κ2) is 5.91. The van der Waals surface area contributed by atoms with Crippen molar-refractivity contribution >= 4 is 0 Å². The maximum Gasteiger partial charge on any atom is 0.0948 e. The van der Waals surface area contributed by atoms with E-state index in [0.29, 0.717) is 18.1 Å². The van der Waals surface area contributed by atoms with Crippen LogP contribution in [0.4, 0.5) is 0 Å². The van der Waals surface area contributed by atoms with Gasteiger partial charge in [0.05, 0.1) is 6.33 Å². The van der Waals surface area contributed by atoms with Gasteiger partial charge in [-0.3, -0.25) is 0 Å². The van der Waals surface area contributed by atoms with Crippen LogP contribution in [0.1, 0.15) is 46.6 Å². The van der Waals surface area contributed by atoms with Gasteiger partial charge in [-0.1, -0.05) is 13.8 Å². The third-order valence-corrected chi connectivity index (χ3v) is 2.67. The molecule has 0 aliphatic heterocycles. The van der Waals surface area contributed by atoms with Gasteiger partial charge < -0.3 is 9.88 Å². The van der Waals surface area contributed by atoms with Crippen LogP contribution in [0.5, 0.6) is 0 Å². The molecule has 3 nitrogen and oxygen atoms in total. The lowest BCUT2D eigenvalue weighted by Crippen LogP contribution is -2.32. The summed E-state index contributed by atoms with van der Waals surface area (Å²) in [6, 6.07) is 1.71. The van der Waals surface area contributed by atoms with Crippen molar-refractivity contribution in [3.8, 4) is 0 Å². The molecule has 1 heterocycles. The molecule has 0 saturated carbocycles. The molecule has 0 bridgehead atoms. The van der Waals surface area contributed by atoms with Gasteiger partial charge in [0.15, 0.2) is 0 Å². The summed E-state index contributed by atoms with van der Waals surface area (Å²) in [6.07, 6.45) is 8.16. The molecule has 1 rings (SSSR count). The van der Waals surface area contributed by atoms with Crippen LogP contribution >= 0.6 is 0 Å². The minimum atomic E-state index is 0.545. The monoisotopic (exact) mass is 209 g/mol. The van der Waals surface area contributed by atoms with E-state index < -0.39 is 0 Å². The molecule has 3 heteroatoms. The molecule has 1 N–H and O–H groups in total. The molecule has 0 radical (unpaired) electrons. The van der Waals surface area contributed by atoms with Crippen molar-refractivity contribution in [3.63, 3.8) is 0 Å². The average Bonchev–Trinajstić information content (AvgIpc) is 2.65. The van der Waals surface area contributed by atoms with Gasteiger partial charge in [-0.2, -0.15) is 0 Å². The predicted octanol–water partition coefficient (Wildman–Crippen LogP) is 2.61. The molecule has 0 aromatic carbocycles. The fourth-order valence-corrected chi connectivity index (χ4v) is 1.82. The Bertz CT molecular complexity index is 254. The normalized spacial score (nSPS) is 15.5. The van der Waals surface area contributed by atoms with Crippen LogP contribution in [-0.4, -0.2) is 21.6 Å². The van der Waals surface area contributed by atoms with Gasteiger partial charge in [0.1, 0.15) is 0 Å². The molecule has 0 saturated heterocycles. The van der Waals surface area contributed by atoms with Gasteiger partial charge in [0.2, 0.25) is 0 Å². The van der Waals surface area contributed by atoms with Crippen molar-refractivity contribution in [2.45, 2.75) is 58.7 Å². The lowest BCUT2D eigenvalue weighted by atomic mass is 10.1. The lowest BCUT2D eigenvalue weighted by Gasteiger charge is -2.19. The summed E-state index contributed by atoms with van der Waals surface area (Å²) in [4.78, 5) is 4.07. The zero-order valence-corrected chi connectivity index (χ0v) is 10.3. The van der Waals surface area contributed by atoms with Crippen molar-refractivity contribution in [2.24, 2.45) is 0 Å². The number of hydrogen-bond donors (Lipinski definition) is 1. The Morgan fingerprint density at radius 1 is 1.20 bits per heavy atom. The van der Waals surface area contributed by atoms with Crippen LogP contribution in [0.25, 0.3) is 0 Å². The smallest absolute Gasteiger partial charge is 0.0948 e. The minimum Gasteiger partial charge on any atom is -0.335 e. The number of hydrogen-bond acceptors (Lipinski definition) is 2. The highest BCUT2D eigenvalue weighted by molar-refractivity contribution is 4.79. The van der Waals surface area contributed by atoms with Gasteiger partial charge in [-0.05, 0) is 26.7 Å². The molecular weight excluding hydrogens is 186 g/mol. The van der Waals surface area contributed by atoms with E-state index in [1.807, 2.05) is 18.7 Å². The largest absolute Gasteiger partial charge is 0.335 e. The van der Waals surface area contributed by atoms with Crippen molar-refractivity contribution in [1.29, 1.82) is 0 Å². The number of rotatable bonds is 6. The Kier molecular flexibility index (Phi) is 4.82. The Balaban J connectivity index is 2.25. The molecular formula is C12H23N3. The SMILES string of the molecule is CC(C)NC(C)CCC(C)n1ccnc1. The topological polar surface area (TPSA) is 29.9 Å². The molecule has 2 atom stereocenters. The summed E-state index contributed by atoms with van der Waals surface area (Å²) < 4.78 is 2.17. The summed E-state index contributed by atoms with van der Waals surface area (Å²) in [6.45, 7) is 8.87. The Morgan fingerprint density at radius 3 is 2.47 bits per heavy atom. The number of nitrogens with one attached hydrogen (secondary N) is 1. The highest BCUT2D eigenvalue weighted by Gasteiger charge is 2.08. The van der Waals surface area contributed by atoms with Crippen molar-refractivity contribution in [1.82, 2.24) is 14.9 Å². The highest BCUT2D eigenvalue weighted by Crippen LogP contribution is 2.13. The van der Waals surface area contributed by atoms with Gasteiger partial charge in [0, 0.05) is 30.5 Å². The van der Waals surface area contributed by atoms with E-state index in [-0.39, 0.29) is 0 Å². The summed E-state index contributed by atoms with van der Waals surface area (Å²) in [7, 11) is 0. The quantitative estimate of drug-likeness (QED) is 0.780. The predicted molar refractivity (Wildman–Crippen MR) is 63.9 cm³/mol. The summed E-state index contributed by atoms with van der Waals surface area (Å²) >= 11 is 0. The standard InChI is InChI=1S/C12H23N3/c1-10(2)14-11(3)5-6-12(4)15-8-7-13-9-15/h7-12,14H,5-6H2,1-4H3. The van der Waals surface area contributed by atoms with Crippen LogP contribution < -0.4 is 5.32 Å². The summed E-state index contributed by atoms with van der Waals surface area (Å²) in [5, 5.41) is 3.52. The number of imidazole rings is 1. The van der Waals surface area contributed by atoms with Crippen molar-refractivity contribution < 1.29 is 0 Å². The van der Waals surface area contributed by atoms with E-state index in [0.717, 1.165) is 0 Å². The molecule has 0 fully saturated rings. The zero-order chi connectivity index (χ0) is 11.3. The Labute approximate surface area is 92.9 Å². The Hall–Kier alpha value is -0.830. The molecule has 0 aliphatic carbocycles. The molecule has 0 amide bonds. The van der Waals surface area contributed by atoms with Crippen LogP contribution in [0.3, 0.4) is 0 Å². The van der Waals surface area contributed by atoms with E-state index in [2.05, 4.69) is 42.6 Å². The molecule has 1 aromatic heterocycles. The second-order valence-electron chi connectivity index (χ2n) is 4.66. The van der Waals surface area contributed by atoms with Gasteiger partial charge >= 0.3 is 0 Å². The Morgan fingerprint density at radius 2 is 1.93 bits per heavy atom. The molecule has 15 heavy (non-hydrogen) atoms.